The first kappa shape index (κ1) is 20.0. The molecule has 2 heterocycles. The van der Waals surface area contributed by atoms with Gasteiger partial charge < -0.3 is 10.2 Å². The fraction of sp³-hybridized carbons (Fsp3) is 0.500. The molecule has 7 heteroatoms. The molecular weight excluding hydrogens is 389 g/mol. The largest absolute Gasteiger partial charge is 0.355 e. The summed E-state index contributed by atoms with van der Waals surface area (Å²) < 4.78 is 13.4. The van der Waals surface area contributed by atoms with Crippen molar-refractivity contribution in [2.75, 3.05) is 19.6 Å². The molecule has 0 bridgehead atoms. The van der Waals surface area contributed by atoms with Gasteiger partial charge in [-0.15, -0.1) is 11.3 Å². The lowest BCUT2D eigenvalue weighted by Gasteiger charge is -2.31. The predicted molar refractivity (Wildman–Crippen MR) is 110 cm³/mol. The van der Waals surface area contributed by atoms with Gasteiger partial charge in [0.15, 0.2) is 0 Å². The van der Waals surface area contributed by atoms with E-state index in [-0.39, 0.29) is 23.5 Å². The zero-order valence-electron chi connectivity index (χ0n) is 16.4. The molecule has 2 aromatic rings. The average Bonchev–Trinajstić information content (AvgIpc) is 3.15. The molecular formula is C22H26FN3O2S. The van der Waals surface area contributed by atoms with Crippen LogP contribution in [0.15, 0.2) is 29.6 Å². The molecule has 154 valence electrons. The molecule has 1 saturated heterocycles. The number of amides is 2. The van der Waals surface area contributed by atoms with Crippen molar-refractivity contribution in [2.24, 2.45) is 5.92 Å². The van der Waals surface area contributed by atoms with Crippen LogP contribution in [0.3, 0.4) is 0 Å². The molecule has 2 aliphatic rings. The molecule has 1 saturated carbocycles. The molecule has 1 aliphatic heterocycles. The molecule has 29 heavy (non-hydrogen) atoms. The summed E-state index contributed by atoms with van der Waals surface area (Å²) in [6, 6.07) is 5.88. The van der Waals surface area contributed by atoms with Crippen LogP contribution in [0.1, 0.15) is 59.1 Å². The number of nitrogens with zero attached hydrogens (tertiary/aromatic N) is 2. The highest BCUT2D eigenvalue weighted by molar-refractivity contribution is 7.09. The van der Waals surface area contributed by atoms with Crippen molar-refractivity contribution < 1.29 is 14.0 Å². The van der Waals surface area contributed by atoms with Crippen LogP contribution in [-0.2, 0) is 11.2 Å². The van der Waals surface area contributed by atoms with Crippen LogP contribution in [-0.4, -0.2) is 41.3 Å². The molecule has 0 unspecified atom stereocenters. The molecule has 2 amide bonds. The number of carbonyl (C=O) groups is 2. The van der Waals surface area contributed by atoms with Gasteiger partial charge in [0.05, 0.1) is 10.7 Å². The maximum atomic E-state index is 13.4. The Bertz CT molecular complexity index is 872. The minimum atomic E-state index is -0.384. The van der Waals surface area contributed by atoms with E-state index < -0.39 is 0 Å². The van der Waals surface area contributed by atoms with E-state index in [0.717, 1.165) is 42.8 Å². The standard InChI is InChI=1S/C22H26FN3O2S/c23-18-6-2-5-17(13-18)22(28)26-11-8-16(9-12-26)21-25-19(14-29-21)7-10-24-20(27)15-3-1-4-15/h2,5-6,13-16H,1,3-4,7-12H2,(H,24,27). The lowest BCUT2D eigenvalue weighted by molar-refractivity contribution is -0.127. The minimum absolute atomic E-state index is 0.106. The molecule has 5 nitrogen and oxygen atoms in total. The molecule has 1 aromatic heterocycles. The van der Waals surface area contributed by atoms with E-state index in [4.69, 9.17) is 4.98 Å². The van der Waals surface area contributed by atoms with Gasteiger partial charge in [-0.1, -0.05) is 12.5 Å². The highest BCUT2D eigenvalue weighted by Crippen LogP contribution is 2.31. The van der Waals surface area contributed by atoms with Crippen LogP contribution < -0.4 is 5.32 Å². The first-order valence-corrected chi connectivity index (χ1v) is 11.2. The number of hydrogen-bond acceptors (Lipinski definition) is 4. The zero-order valence-corrected chi connectivity index (χ0v) is 17.2. The van der Waals surface area contributed by atoms with Crippen molar-refractivity contribution in [3.63, 3.8) is 0 Å². The maximum absolute atomic E-state index is 13.4. The van der Waals surface area contributed by atoms with Crippen molar-refractivity contribution in [3.05, 3.63) is 51.7 Å². The Labute approximate surface area is 174 Å². The number of rotatable bonds is 6. The summed E-state index contributed by atoms with van der Waals surface area (Å²) in [6.45, 7) is 1.96. The monoisotopic (exact) mass is 415 g/mol. The van der Waals surface area contributed by atoms with E-state index in [1.165, 1.54) is 18.6 Å². The average molecular weight is 416 g/mol. The number of thiazole rings is 1. The van der Waals surface area contributed by atoms with Crippen molar-refractivity contribution in [2.45, 2.75) is 44.4 Å². The normalized spacial score (nSPS) is 17.8. The number of piperidine rings is 1. The van der Waals surface area contributed by atoms with Gasteiger partial charge in [-0.2, -0.15) is 0 Å². The zero-order chi connectivity index (χ0) is 20.2. The van der Waals surface area contributed by atoms with Gasteiger partial charge >= 0.3 is 0 Å². The molecule has 4 rings (SSSR count). The van der Waals surface area contributed by atoms with Crippen LogP contribution in [0.5, 0.6) is 0 Å². The van der Waals surface area contributed by atoms with E-state index in [1.807, 2.05) is 0 Å². The number of hydrogen-bond donors (Lipinski definition) is 1. The summed E-state index contributed by atoms with van der Waals surface area (Å²) in [6.07, 6.45) is 5.70. The number of carbonyl (C=O) groups excluding carboxylic acids is 2. The number of likely N-dealkylation sites (tertiary alicyclic amines) is 1. The van der Waals surface area contributed by atoms with E-state index in [0.29, 0.717) is 31.1 Å². The summed E-state index contributed by atoms with van der Waals surface area (Å²) in [5, 5.41) is 6.21. The van der Waals surface area contributed by atoms with Crippen LogP contribution in [0.4, 0.5) is 4.39 Å². The third-order valence-corrected chi connectivity index (χ3v) is 6.98. The Morgan fingerprint density at radius 2 is 2.00 bits per heavy atom. The van der Waals surface area contributed by atoms with Gasteiger partial charge in [-0.3, -0.25) is 9.59 Å². The number of nitrogens with one attached hydrogen (secondary N) is 1. The quantitative estimate of drug-likeness (QED) is 0.781. The van der Waals surface area contributed by atoms with Crippen molar-refractivity contribution in [1.29, 1.82) is 0 Å². The topological polar surface area (TPSA) is 62.3 Å². The second-order valence-corrected chi connectivity index (χ2v) is 8.81. The summed E-state index contributed by atoms with van der Waals surface area (Å²) in [4.78, 5) is 31.0. The Morgan fingerprint density at radius 3 is 2.69 bits per heavy atom. The second-order valence-electron chi connectivity index (χ2n) is 7.92. The summed E-state index contributed by atoms with van der Waals surface area (Å²) >= 11 is 1.67. The minimum Gasteiger partial charge on any atom is -0.355 e. The Balaban J connectivity index is 1.24. The third-order valence-electron chi connectivity index (χ3n) is 5.93. The fourth-order valence-electron chi connectivity index (χ4n) is 3.89. The van der Waals surface area contributed by atoms with Crippen LogP contribution in [0, 0.1) is 11.7 Å². The summed E-state index contributed by atoms with van der Waals surface area (Å²) in [7, 11) is 0. The highest BCUT2D eigenvalue weighted by Gasteiger charge is 2.27. The predicted octanol–water partition coefficient (Wildman–Crippen LogP) is 3.76. The van der Waals surface area contributed by atoms with E-state index in [2.05, 4.69) is 10.7 Å². The van der Waals surface area contributed by atoms with E-state index >= 15 is 0 Å². The fourth-order valence-corrected chi connectivity index (χ4v) is 4.91. The van der Waals surface area contributed by atoms with Crippen LogP contribution in [0.25, 0.3) is 0 Å². The Morgan fingerprint density at radius 1 is 1.21 bits per heavy atom. The van der Waals surface area contributed by atoms with Gasteiger partial charge in [0.2, 0.25) is 5.91 Å². The van der Waals surface area contributed by atoms with E-state index in [9.17, 15) is 14.0 Å². The molecule has 0 spiro atoms. The first-order chi connectivity index (χ1) is 14.1. The lowest BCUT2D eigenvalue weighted by atomic mass is 9.85. The highest BCUT2D eigenvalue weighted by atomic mass is 32.1. The first-order valence-electron chi connectivity index (χ1n) is 10.4. The van der Waals surface area contributed by atoms with E-state index in [1.54, 1.807) is 28.4 Å². The molecule has 2 fully saturated rings. The third kappa shape index (κ3) is 4.83. The number of aromatic nitrogens is 1. The van der Waals surface area contributed by atoms with Gasteiger partial charge in [-0.25, -0.2) is 9.37 Å². The van der Waals surface area contributed by atoms with Crippen molar-refractivity contribution in [3.8, 4) is 0 Å². The van der Waals surface area contributed by atoms with Gasteiger partial charge in [-0.05, 0) is 43.9 Å². The molecule has 1 aromatic carbocycles. The van der Waals surface area contributed by atoms with Gasteiger partial charge in [0, 0.05) is 48.8 Å². The molecule has 1 N–H and O–H groups in total. The van der Waals surface area contributed by atoms with Crippen molar-refractivity contribution in [1.82, 2.24) is 15.2 Å². The smallest absolute Gasteiger partial charge is 0.253 e. The summed E-state index contributed by atoms with van der Waals surface area (Å²) in [5.74, 6) is 0.271. The van der Waals surface area contributed by atoms with Gasteiger partial charge in [0.25, 0.3) is 5.91 Å². The molecule has 1 aliphatic carbocycles. The summed E-state index contributed by atoms with van der Waals surface area (Å²) in [5.41, 5.74) is 1.43. The van der Waals surface area contributed by atoms with Crippen LogP contribution >= 0.6 is 11.3 Å². The second kappa shape index (κ2) is 9.03. The lowest BCUT2D eigenvalue weighted by Crippen LogP contribution is -2.38. The van der Waals surface area contributed by atoms with Gasteiger partial charge in [0.1, 0.15) is 5.82 Å². The maximum Gasteiger partial charge on any atom is 0.253 e. The molecule has 0 atom stereocenters. The van der Waals surface area contributed by atoms with Crippen LogP contribution in [0.2, 0.25) is 0 Å². The number of benzene rings is 1. The number of halogens is 1. The Kier molecular flexibility index (Phi) is 6.23. The SMILES string of the molecule is O=C(NCCc1csc(C2CCN(C(=O)c3cccc(F)c3)CC2)n1)C1CCC1. The molecule has 0 radical (unpaired) electrons. The Hall–Kier alpha value is -2.28. The van der Waals surface area contributed by atoms with Crippen molar-refractivity contribution >= 4 is 23.2 Å².